The van der Waals surface area contributed by atoms with E-state index in [1.807, 2.05) is 19.1 Å². The van der Waals surface area contributed by atoms with Crippen LogP contribution < -0.4 is 4.74 Å². The number of methoxy groups -OCH3 is 2. The van der Waals surface area contributed by atoms with Gasteiger partial charge in [0.25, 0.3) is 0 Å². The number of hydrogen-bond donors (Lipinski definition) is 1. The molecule has 2 aromatic carbocycles. The zero-order chi connectivity index (χ0) is 23.1. The Morgan fingerprint density at radius 3 is 2.81 bits per heavy atom. The highest BCUT2D eigenvalue weighted by Crippen LogP contribution is 2.41. The molecule has 1 heterocycles. The first-order valence-electron chi connectivity index (χ1n) is 10.9. The molecule has 0 saturated carbocycles. The third-order valence-corrected chi connectivity index (χ3v) is 5.99. The number of hydrogen-bond acceptors (Lipinski definition) is 5. The van der Waals surface area contributed by atoms with Crippen LogP contribution in [0.5, 0.6) is 5.75 Å². The van der Waals surface area contributed by atoms with E-state index in [9.17, 15) is 9.90 Å². The summed E-state index contributed by atoms with van der Waals surface area (Å²) in [6.45, 7) is 3.48. The van der Waals surface area contributed by atoms with Crippen LogP contribution in [0, 0.1) is 12.7 Å². The smallest absolute Gasteiger partial charge is 0.209 e. The standard InChI is InChI=1S/C25H32FNO5/c1-18-13-19(15-20(14-18)31-3)24-21(7-6-8-22(24)26)25(29,9-4-5-11-30-2)23-16-27(17-28)10-12-32-23/h6-8,13-15,17,23,29H,4-5,9-12,16H2,1-3H3/t23-,25-/m1/s1. The molecule has 6 nitrogen and oxygen atoms in total. The van der Waals surface area contributed by atoms with Crippen molar-refractivity contribution in [2.75, 3.05) is 40.5 Å². The van der Waals surface area contributed by atoms with Gasteiger partial charge in [0.2, 0.25) is 6.41 Å². The molecule has 1 saturated heterocycles. The van der Waals surface area contributed by atoms with Crippen LogP contribution in [0.1, 0.15) is 30.4 Å². The lowest BCUT2D eigenvalue weighted by Gasteiger charge is -2.42. The number of rotatable bonds is 10. The van der Waals surface area contributed by atoms with Crippen LogP contribution in [-0.4, -0.2) is 63.0 Å². The molecular weight excluding hydrogens is 413 g/mol. The Morgan fingerprint density at radius 2 is 2.09 bits per heavy atom. The summed E-state index contributed by atoms with van der Waals surface area (Å²) in [5.74, 6) is 0.174. The van der Waals surface area contributed by atoms with E-state index in [-0.39, 0.29) is 6.54 Å². The first kappa shape index (κ1) is 24.2. The Morgan fingerprint density at radius 1 is 1.28 bits per heavy atom. The fraction of sp³-hybridized carbons (Fsp3) is 0.480. The van der Waals surface area contributed by atoms with E-state index in [0.29, 0.717) is 55.0 Å². The maximum absolute atomic E-state index is 15.3. The molecule has 32 heavy (non-hydrogen) atoms. The lowest BCUT2D eigenvalue weighted by atomic mass is 9.78. The average molecular weight is 446 g/mol. The van der Waals surface area contributed by atoms with Crippen molar-refractivity contribution in [3.63, 3.8) is 0 Å². The van der Waals surface area contributed by atoms with Crippen LogP contribution in [0.4, 0.5) is 4.39 Å². The number of morpholine rings is 1. The SMILES string of the molecule is COCCCC[C@@](O)(c1cccc(F)c1-c1cc(C)cc(OC)c1)[C@H]1CN(C=O)CCO1. The highest BCUT2D eigenvalue weighted by atomic mass is 19.1. The molecule has 2 atom stereocenters. The first-order chi connectivity index (χ1) is 15.4. The van der Waals surface area contributed by atoms with Gasteiger partial charge in [-0.2, -0.15) is 0 Å². The van der Waals surface area contributed by atoms with Gasteiger partial charge in [-0.3, -0.25) is 4.79 Å². The number of aliphatic hydroxyl groups is 1. The molecule has 1 aliphatic heterocycles. The molecule has 0 radical (unpaired) electrons. The number of carbonyl (C=O) groups excluding carboxylic acids is 1. The van der Waals surface area contributed by atoms with E-state index in [0.717, 1.165) is 18.4 Å². The average Bonchev–Trinajstić information content (AvgIpc) is 2.81. The first-order valence-corrected chi connectivity index (χ1v) is 10.9. The lowest BCUT2D eigenvalue weighted by Crippen LogP contribution is -2.52. The van der Waals surface area contributed by atoms with Crippen molar-refractivity contribution >= 4 is 6.41 Å². The van der Waals surface area contributed by atoms with Crippen molar-refractivity contribution in [3.8, 4) is 16.9 Å². The van der Waals surface area contributed by atoms with Gasteiger partial charge < -0.3 is 24.2 Å². The molecule has 1 amide bonds. The fourth-order valence-electron chi connectivity index (χ4n) is 4.35. The van der Waals surface area contributed by atoms with Gasteiger partial charge in [-0.05, 0) is 61.1 Å². The predicted molar refractivity (Wildman–Crippen MR) is 120 cm³/mol. The van der Waals surface area contributed by atoms with Gasteiger partial charge in [0, 0.05) is 32.4 Å². The molecule has 0 spiro atoms. The minimum Gasteiger partial charge on any atom is -0.497 e. The normalized spacial score (nSPS) is 18.3. The monoisotopic (exact) mass is 445 g/mol. The van der Waals surface area contributed by atoms with E-state index >= 15 is 4.39 Å². The van der Waals surface area contributed by atoms with Crippen LogP contribution >= 0.6 is 0 Å². The van der Waals surface area contributed by atoms with E-state index < -0.39 is 17.5 Å². The molecule has 174 valence electrons. The molecule has 0 unspecified atom stereocenters. The predicted octanol–water partition coefficient (Wildman–Crippen LogP) is 3.67. The summed E-state index contributed by atoms with van der Waals surface area (Å²) in [4.78, 5) is 13.0. The van der Waals surface area contributed by atoms with Gasteiger partial charge in [0.05, 0.1) is 13.7 Å². The summed E-state index contributed by atoms with van der Waals surface area (Å²) >= 11 is 0. The van der Waals surface area contributed by atoms with Gasteiger partial charge in [-0.25, -0.2) is 4.39 Å². The molecular formula is C25H32FNO5. The molecule has 1 aliphatic rings. The van der Waals surface area contributed by atoms with Crippen molar-refractivity contribution in [1.82, 2.24) is 4.90 Å². The summed E-state index contributed by atoms with van der Waals surface area (Å²) in [5, 5.41) is 12.1. The van der Waals surface area contributed by atoms with E-state index in [1.165, 1.54) is 6.07 Å². The second-order valence-electron chi connectivity index (χ2n) is 8.24. The second-order valence-corrected chi connectivity index (χ2v) is 8.24. The van der Waals surface area contributed by atoms with E-state index in [1.54, 1.807) is 37.3 Å². The van der Waals surface area contributed by atoms with Crippen molar-refractivity contribution in [2.45, 2.75) is 37.9 Å². The highest BCUT2D eigenvalue weighted by molar-refractivity contribution is 5.71. The van der Waals surface area contributed by atoms with Crippen molar-refractivity contribution < 1.29 is 28.5 Å². The van der Waals surface area contributed by atoms with Gasteiger partial charge in [-0.1, -0.05) is 18.2 Å². The van der Waals surface area contributed by atoms with E-state index in [2.05, 4.69) is 0 Å². The molecule has 7 heteroatoms. The Hall–Kier alpha value is -2.48. The van der Waals surface area contributed by atoms with Crippen LogP contribution in [0.15, 0.2) is 36.4 Å². The zero-order valence-corrected chi connectivity index (χ0v) is 19.0. The maximum Gasteiger partial charge on any atom is 0.209 e. The lowest BCUT2D eigenvalue weighted by molar-refractivity contribution is -0.158. The summed E-state index contributed by atoms with van der Waals surface area (Å²) in [5.41, 5.74) is 0.798. The number of amides is 1. The van der Waals surface area contributed by atoms with E-state index in [4.69, 9.17) is 14.2 Å². The summed E-state index contributed by atoms with van der Waals surface area (Å²) < 4.78 is 31.8. The number of ether oxygens (including phenoxy) is 3. The van der Waals surface area contributed by atoms with Crippen LogP contribution in [0.3, 0.4) is 0 Å². The van der Waals surface area contributed by atoms with Crippen molar-refractivity contribution in [1.29, 1.82) is 0 Å². The van der Waals surface area contributed by atoms with Crippen LogP contribution in [-0.2, 0) is 19.9 Å². The second kappa shape index (κ2) is 10.9. The number of halogens is 1. The molecule has 0 bridgehead atoms. The number of unbranched alkanes of at least 4 members (excludes halogenated alkanes) is 1. The quantitative estimate of drug-likeness (QED) is 0.446. The van der Waals surface area contributed by atoms with Crippen molar-refractivity contribution in [3.05, 3.63) is 53.3 Å². The zero-order valence-electron chi connectivity index (χ0n) is 19.0. The van der Waals surface area contributed by atoms with Gasteiger partial charge in [-0.15, -0.1) is 0 Å². The summed E-state index contributed by atoms with van der Waals surface area (Å²) in [6.07, 6.45) is 1.81. The third-order valence-electron chi connectivity index (χ3n) is 5.99. The molecule has 1 fully saturated rings. The summed E-state index contributed by atoms with van der Waals surface area (Å²) in [6, 6.07) is 10.2. The third kappa shape index (κ3) is 5.28. The molecule has 0 aromatic heterocycles. The minimum atomic E-state index is -1.50. The Bertz CT molecular complexity index is 921. The Labute approximate surface area is 188 Å². The molecule has 1 N–H and O–H groups in total. The highest BCUT2D eigenvalue weighted by Gasteiger charge is 2.43. The Kier molecular flexibility index (Phi) is 8.23. The van der Waals surface area contributed by atoms with Crippen LogP contribution in [0.25, 0.3) is 11.1 Å². The number of nitrogens with zero attached hydrogens (tertiary/aromatic N) is 1. The van der Waals surface area contributed by atoms with Crippen molar-refractivity contribution in [2.24, 2.45) is 0 Å². The molecule has 3 rings (SSSR count). The topological polar surface area (TPSA) is 68.2 Å². The minimum absolute atomic E-state index is 0.234. The molecule has 2 aromatic rings. The fourth-order valence-corrected chi connectivity index (χ4v) is 4.35. The van der Waals surface area contributed by atoms with Gasteiger partial charge in [0.1, 0.15) is 23.3 Å². The number of benzene rings is 2. The molecule has 0 aliphatic carbocycles. The summed E-state index contributed by atoms with van der Waals surface area (Å²) in [7, 11) is 3.20. The van der Waals surface area contributed by atoms with Gasteiger partial charge >= 0.3 is 0 Å². The number of aryl methyl sites for hydroxylation is 1. The van der Waals surface area contributed by atoms with Crippen LogP contribution in [0.2, 0.25) is 0 Å². The largest absolute Gasteiger partial charge is 0.497 e. The van der Waals surface area contributed by atoms with Gasteiger partial charge in [0.15, 0.2) is 0 Å². The number of carbonyl (C=O) groups is 1. The Balaban J connectivity index is 2.11. The maximum atomic E-state index is 15.3.